The Balaban J connectivity index is 1.42. The van der Waals surface area contributed by atoms with Crippen molar-refractivity contribution in [2.45, 2.75) is 76.5 Å². The number of rotatable bonds is 4. The van der Waals surface area contributed by atoms with Gasteiger partial charge < -0.3 is 10.1 Å². The van der Waals surface area contributed by atoms with Crippen LogP contribution in [0.3, 0.4) is 0 Å². The molecule has 3 aliphatic heterocycles. The number of amides is 3. The van der Waals surface area contributed by atoms with E-state index >= 15 is 0 Å². The molecule has 2 aliphatic carbocycles. The van der Waals surface area contributed by atoms with Gasteiger partial charge >= 0.3 is 0 Å². The Morgan fingerprint density at radius 2 is 1.79 bits per heavy atom. The van der Waals surface area contributed by atoms with Crippen molar-refractivity contribution in [2.75, 3.05) is 4.90 Å². The molecule has 1 aromatic heterocycles. The highest BCUT2D eigenvalue weighted by atomic mass is 32.1. The zero-order valence-electron chi connectivity index (χ0n) is 16.6. The molecule has 0 aromatic carbocycles. The normalized spacial score (nSPS) is 35.2. The first-order chi connectivity index (χ1) is 14.1. The molecule has 6 rings (SSSR count). The lowest BCUT2D eigenvalue weighted by atomic mass is 9.81. The predicted molar refractivity (Wildman–Crippen MR) is 108 cm³/mol. The van der Waals surface area contributed by atoms with E-state index in [0.29, 0.717) is 16.5 Å². The van der Waals surface area contributed by atoms with Crippen LogP contribution < -0.4 is 10.2 Å². The Kier molecular flexibility index (Phi) is 3.98. The van der Waals surface area contributed by atoms with Gasteiger partial charge in [-0.1, -0.05) is 13.3 Å². The average molecular weight is 415 g/mol. The van der Waals surface area contributed by atoms with E-state index in [1.165, 1.54) is 21.1 Å². The van der Waals surface area contributed by atoms with Crippen LogP contribution in [0.2, 0.25) is 0 Å². The van der Waals surface area contributed by atoms with Gasteiger partial charge in [-0.25, -0.2) is 4.90 Å². The Morgan fingerprint density at radius 1 is 1.10 bits per heavy atom. The van der Waals surface area contributed by atoms with Crippen LogP contribution in [0, 0.1) is 17.8 Å². The summed E-state index contributed by atoms with van der Waals surface area (Å²) in [6, 6.07) is 0.242. The van der Waals surface area contributed by atoms with Crippen molar-refractivity contribution in [3.63, 3.8) is 0 Å². The molecule has 29 heavy (non-hydrogen) atoms. The molecular formula is C22H26N2O4S. The molecule has 1 saturated carbocycles. The molecule has 0 radical (unpaired) electrons. The maximum atomic E-state index is 13.3. The fraction of sp³-hybridized carbons (Fsp3) is 0.682. The lowest BCUT2D eigenvalue weighted by Gasteiger charge is -2.21. The summed E-state index contributed by atoms with van der Waals surface area (Å²) in [5.41, 5.74) is 1.67. The highest BCUT2D eigenvalue weighted by Crippen LogP contribution is 2.52. The number of hydrogen-bond acceptors (Lipinski definition) is 5. The highest BCUT2D eigenvalue weighted by molar-refractivity contribution is 7.17. The number of hydrogen-bond donors (Lipinski definition) is 1. The first-order valence-electron chi connectivity index (χ1n) is 11.1. The van der Waals surface area contributed by atoms with Crippen LogP contribution in [0.5, 0.6) is 0 Å². The van der Waals surface area contributed by atoms with E-state index in [4.69, 9.17) is 4.74 Å². The van der Waals surface area contributed by atoms with E-state index in [-0.39, 0.29) is 47.8 Å². The van der Waals surface area contributed by atoms with E-state index in [1.807, 2.05) is 0 Å². The number of anilines is 1. The van der Waals surface area contributed by atoms with Crippen LogP contribution in [0.15, 0.2) is 0 Å². The van der Waals surface area contributed by atoms with Crippen molar-refractivity contribution < 1.29 is 19.1 Å². The van der Waals surface area contributed by atoms with Gasteiger partial charge in [0.2, 0.25) is 11.8 Å². The predicted octanol–water partition coefficient (Wildman–Crippen LogP) is 2.82. The third-order valence-corrected chi connectivity index (χ3v) is 8.79. The van der Waals surface area contributed by atoms with Crippen LogP contribution in [0.1, 0.15) is 66.2 Å². The first kappa shape index (κ1) is 18.1. The molecule has 4 fully saturated rings. The second-order valence-electron chi connectivity index (χ2n) is 9.30. The third-order valence-electron chi connectivity index (χ3n) is 7.55. The molecule has 7 heteroatoms. The van der Waals surface area contributed by atoms with Gasteiger partial charge in [-0.15, -0.1) is 11.3 Å². The van der Waals surface area contributed by atoms with Gasteiger partial charge in [-0.05, 0) is 56.4 Å². The van der Waals surface area contributed by atoms with Crippen molar-refractivity contribution in [3.8, 4) is 0 Å². The number of nitrogens with zero attached hydrogens (tertiary/aromatic N) is 1. The zero-order chi connectivity index (χ0) is 19.9. The second kappa shape index (κ2) is 6.38. The summed E-state index contributed by atoms with van der Waals surface area (Å²) in [6.45, 7) is 2.20. The Bertz CT molecular complexity index is 892. The molecule has 3 saturated heterocycles. The van der Waals surface area contributed by atoms with E-state index in [2.05, 4.69) is 12.2 Å². The molecule has 5 atom stereocenters. The number of ether oxygens (including phenoxy) is 1. The minimum Gasteiger partial charge on any atom is -0.373 e. The highest BCUT2D eigenvalue weighted by Gasteiger charge is 2.63. The molecule has 154 valence electrons. The van der Waals surface area contributed by atoms with Crippen molar-refractivity contribution in [2.24, 2.45) is 17.8 Å². The lowest BCUT2D eigenvalue weighted by molar-refractivity contribution is -0.124. The zero-order valence-corrected chi connectivity index (χ0v) is 17.4. The quantitative estimate of drug-likeness (QED) is 0.769. The van der Waals surface area contributed by atoms with Crippen LogP contribution in [0.4, 0.5) is 5.00 Å². The molecule has 4 heterocycles. The van der Waals surface area contributed by atoms with Gasteiger partial charge in [0, 0.05) is 10.9 Å². The van der Waals surface area contributed by atoms with Gasteiger partial charge in [0.25, 0.3) is 5.91 Å². The smallest absolute Gasteiger partial charge is 0.254 e. The monoisotopic (exact) mass is 414 g/mol. The number of carbonyl (C=O) groups is 3. The topological polar surface area (TPSA) is 75.7 Å². The van der Waals surface area contributed by atoms with Crippen LogP contribution in [0.25, 0.3) is 0 Å². The summed E-state index contributed by atoms with van der Waals surface area (Å²) in [4.78, 5) is 42.4. The summed E-state index contributed by atoms with van der Waals surface area (Å²) < 4.78 is 5.87. The molecular weight excluding hydrogens is 388 g/mol. The maximum absolute atomic E-state index is 13.3. The molecule has 3 amide bonds. The van der Waals surface area contributed by atoms with Gasteiger partial charge in [-0.2, -0.15) is 0 Å². The van der Waals surface area contributed by atoms with Crippen molar-refractivity contribution >= 4 is 34.1 Å². The summed E-state index contributed by atoms with van der Waals surface area (Å²) >= 11 is 1.51. The minimum atomic E-state index is -0.358. The first-order valence-corrected chi connectivity index (χ1v) is 11.9. The van der Waals surface area contributed by atoms with E-state index in [1.54, 1.807) is 0 Å². The largest absolute Gasteiger partial charge is 0.373 e. The van der Waals surface area contributed by atoms with Crippen LogP contribution in [-0.2, 0) is 27.2 Å². The fourth-order valence-corrected chi connectivity index (χ4v) is 7.25. The SMILES string of the molecule is CC[C@H]1CCc2c(sc(N3C(=O)[C@@H]4[C@H](C3=O)[C@@H]3CC[C@@H]4O3)c2C(=O)NC2CC2)C1. The van der Waals surface area contributed by atoms with E-state index in [0.717, 1.165) is 56.9 Å². The number of nitrogens with one attached hydrogen (secondary N) is 1. The molecule has 1 aromatic rings. The third kappa shape index (κ3) is 2.59. The van der Waals surface area contributed by atoms with E-state index in [9.17, 15) is 14.4 Å². The van der Waals surface area contributed by atoms with Crippen LogP contribution in [-0.4, -0.2) is 36.0 Å². The number of carbonyl (C=O) groups excluding carboxylic acids is 3. The average Bonchev–Trinajstić information content (AvgIpc) is 3.07. The molecule has 2 bridgehead atoms. The second-order valence-corrected chi connectivity index (χ2v) is 10.4. The molecule has 0 unspecified atom stereocenters. The van der Waals surface area contributed by atoms with Gasteiger partial charge in [0.05, 0.1) is 29.6 Å². The Morgan fingerprint density at radius 3 is 2.41 bits per heavy atom. The Labute approximate surface area is 174 Å². The van der Waals surface area contributed by atoms with Gasteiger partial charge in [0.15, 0.2) is 0 Å². The minimum absolute atomic E-state index is 0.105. The maximum Gasteiger partial charge on any atom is 0.254 e. The van der Waals surface area contributed by atoms with Gasteiger partial charge in [0.1, 0.15) is 5.00 Å². The van der Waals surface area contributed by atoms with Crippen molar-refractivity contribution in [3.05, 3.63) is 16.0 Å². The molecule has 1 N–H and O–H groups in total. The summed E-state index contributed by atoms with van der Waals surface area (Å²) in [5.74, 6) is -0.517. The molecule has 5 aliphatic rings. The lowest BCUT2D eigenvalue weighted by Crippen LogP contribution is -2.36. The van der Waals surface area contributed by atoms with Crippen molar-refractivity contribution in [1.82, 2.24) is 5.32 Å². The summed E-state index contributed by atoms with van der Waals surface area (Å²) in [5, 5.41) is 3.68. The summed E-state index contributed by atoms with van der Waals surface area (Å²) in [6.07, 6.45) is 7.45. The summed E-state index contributed by atoms with van der Waals surface area (Å²) in [7, 11) is 0. The van der Waals surface area contributed by atoms with Crippen LogP contribution >= 0.6 is 11.3 Å². The van der Waals surface area contributed by atoms with Crippen molar-refractivity contribution in [1.29, 1.82) is 0 Å². The number of imide groups is 1. The Hall–Kier alpha value is -1.73. The standard InChI is InChI=1S/C22H26N2O4S/c1-2-10-3-6-12-15(9-10)29-22(16(12)19(25)23-11-4-5-11)24-20(26)17-13-7-8-14(28-13)18(17)21(24)27/h10-11,13-14,17-18H,2-9H2,1H3,(H,23,25)/t10-,13-,14-,17-,18+/m0/s1. The van der Waals surface area contributed by atoms with E-state index < -0.39 is 0 Å². The fourth-order valence-electron chi connectivity index (χ4n) is 5.78. The molecule has 0 spiro atoms. The number of thiophene rings is 1. The van der Waals surface area contributed by atoms with Gasteiger partial charge in [-0.3, -0.25) is 14.4 Å². The molecule has 6 nitrogen and oxygen atoms in total. The number of fused-ring (bicyclic) bond motifs is 6.